The number of pyridine rings is 1. The van der Waals surface area contributed by atoms with Gasteiger partial charge in [-0.3, -0.25) is 10.2 Å². The van der Waals surface area contributed by atoms with Crippen LogP contribution in [-0.2, 0) is 4.79 Å². The molecule has 0 radical (unpaired) electrons. The zero-order valence-electron chi connectivity index (χ0n) is 16.0. The van der Waals surface area contributed by atoms with Gasteiger partial charge >= 0.3 is 6.29 Å². The number of H-pyrrole nitrogens is 1. The van der Waals surface area contributed by atoms with Crippen LogP contribution >= 0.6 is 0 Å². The number of aromatic amines is 1. The molecule has 10 heteroatoms. The summed E-state index contributed by atoms with van der Waals surface area (Å²) < 4.78 is 36.0. The monoisotopic (exact) mass is 413 g/mol. The predicted octanol–water partition coefficient (Wildman–Crippen LogP) is 3.76. The third-order valence-corrected chi connectivity index (χ3v) is 4.64. The number of hydrogen-bond donors (Lipinski definition) is 4. The van der Waals surface area contributed by atoms with Gasteiger partial charge in [-0.1, -0.05) is 6.07 Å². The number of fused-ring (bicyclic) bond motifs is 2. The number of aromatic nitrogens is 2. The van der Waals surface area contributed by atoms with Crippen molar-refractivity contribution in [1.29, 1.82) is 5.41 Å². The molecule has 0 atom stereocenters. The Morgan fingerprint density at radius 2 is 2.03 bits per heavy atom. The second-order valence-corrected chi connectivity index (χ2v) is 6.78. The van der Waals surface area contributed by atoms with Gasteiger partial charge in [-0.25, -0.2) is 4.98 Å². The summed E-state index contributed by atoms with van der Waals surface area (Å²) in [6.07, 6.45) is -2.30. The smallest absolute Gasteiger partial charge is 0.402 e. The highest BCUT2D eigenvalue weighted by Crippen LogP contribution is 2.47. The molecule has 30 heavy (non-hydrogen) atoms. The van der Waals surface area contributed by atoms with Crippen LogP contribution < -0.4 is 20.5 Å². The van der Waals surface area contributed by atoms with Gasteiger partial charge in [-0.05, 0) is 43.7 Å². The van der Waals surface area contributed by atoms with Crippen LogP contribution in [0.2, 0.25) is 0 Å². The number of ether oxygens (including phenoxy) is 2. The first-order valence-corrected chi connectivity index (χ1v) is 8.86. The minimum absolute atomic E-state index is 0.0609. The Bertz CT molecular complexity index is 1230. The van der Waals surface area contributed by atoms with E-state index in [4.69, 9.17) is 11.1 Å². The van der Waals surface area contributed by atoms with Crippen molar-refractivity contribution in [3.63, 3.8) is 0 Å². The molecule has 8 nitrogen and oxygen atoms in total. The Morgan fingerprint density at radius 3 is 2.77 bits per heavy atom. The van der Waals surface area contributed by atoms with Gasteiger partial charge in [0.2, 0.25) is 0 Å². The molecule has 5 N–H and O–H groups in total. The zero-order chi connectivity index (χ0) is 21.6. The molecule has 1 aliphatic heterocycles. The molecule has 0 spiro atoms. The average Bonchev–Trinajstić information content (AvgIpc) is 3.24. The summed E-state index contributed by atoms with van der Waals surface area (Å²) in [6, 6.07) is 7.92. The van der Waals surface area contributed by atoms with Crippen LogP contribution in [0.5, 0.6) is 11.5 Å². The lowest BCUT2D eigenvalue weighted by molar-refractivity contribution is -0.286. The Kier molecular flexibility index (Phi) is 4.41. The number of nitrogens with zero attached hydrogens (tertiary/aromatic N) is 1. The molecule has 0 saturated carbocycles. The Hall–Kier alpha value is -3.95. The van der Waals surface area contributed by atoms with E-state index >= 15 is 0 Å². The average molecular weight is 413 g/mol. The number of nitrogens with two attached hydrogens (primary N) is 1. The minimum atomic E-state index is -3.72. The first-order valence-electron chi connectivity index (χ1n) is 8.86. The molecule has 1 amide bonds. The highest BCUT2D eigenvalue weighted by atomic mass is 19.3. The van der Waals surface area contributed by atoms with Gasteiger partial charge in [0.1, 0.15) is 11.4 Å². The molecule has 0 fully saturated rings. The van der Waals surface area contributed by atoms with E-state index in [1.54, 1.807) is 38.1 Å². The summed E-state index contributed by atoms with van der Waals surface area (Å²) in [5, 5.41) is 11.1. The molecular weight excluding hydrogens is 396 g/mol. The lowest BCUT2D eigenvalue weighted by atomic mass is 10.1. The van der Waals surface area contributed by atoms with Gasteiger partial charge in [0, 0.05) is 16.6 Å². The highest BCUT2D eigenvalue weighted by molar-refractivity contribution is 6.47. The highest BCUT2D eigenvalue weighted by Gasteiger charge is 2.44. The zero-order valence-corrected chi connectivity index (χ0v) is 16.0. The van der Waals surface area contributed by atoms with Crippen LogP contribution in [0.15, 0.2) is 47.8 Å². The van der Waals surface area contributed by atoms with Crippen LogP contribution in [0.3, 0.4) is 0 Å². The van der Waals surface area contributed by atoms with Gasteiger partial charge in [-0.15, -0.1) is 8.78 Å². The molecule has 0 saturated heterocycles. The predicted molar refractivity (Wildman–Crippen MR) is 107 cm³/mol. The van der Waals surface area contributed by atoms with E-state index in [2.05, 4.69) is 24.8 Å². The molecule has 3 aromatic rings. The van der Waals surface area contributed by atoms with Crippen molar-refractivity contribution in [2.75, 3.05) is 5.32 Å². The van der Waals surface area contributed by atoms with E-state index in [1.165, 1.54) is 12.3 Å². The molecule has 0 aliphatic carbocycles. The quantitative estimate of drug-likeness (QED) is 0.485. The van der Waals surface area contributed by atoms with Crippen molar-refractivity contribution in [3.8, 4) is 22.8 Å². The van der Waals surface area contributed by atoms with E-state index in [-0.39, 0.29) is 17.2 Å². The van der Waals surface area contributed by atoms with Gasteiger partial charge in [0.25, 0.3) is 5.91 Å². The molecule has 3 heterocycles. The second-order valence-electron chi connectivity index (χ2n) is 6.78. The minimum Gasteiger partial charge on any atom is -0.402 e. The number of benzene rings is 1. The fraction of sp³-hybridized carbons (Fsp3) is 0.150. The molecule has 0 bridgehead atoms. The van der Waals surface area contributed by atoms with Gasteiger partial charge < -0.3 is 25.5 Å². The van der Waals surface area contributed by atoms with Gasteiger partial charge in [-0.2, -0.15) is 0 Å². The number of carbonyl (C=O) groups excluding carboxylic acids is 1. The van der Waals surface area contributed by atoms with Crippen LogP contribution in [0.1, 0.15) is 13.8 Å². The summed E-state index contributed by atoms with van der Waals surface area (Å²) in [5.74, 6) is -0.757. The van der Waals surface area contributed by atoms with Crippen LogP contribution in [0.25, 0.3) is 22.3 Å². The van der Waals surface area contributed by atoms with E-state index in [0.717, 1.165) is 0 Å². The number of hydrogen-bond acceptors (Lipinski definition) is 6. The van der Waals surface area contributed by atoms with Crippen molar-refractivity contribution in [2.45, 2.75) is 20.1 Å². The number of nitrogens with one attached hydrogen (secondary N) is 3. The topological polar surface area (TPSA) is 126 Å². The van der Waals surface area contributed by atoms with E-state index < -0.39 is 12.2 Å². The molecule has 154 valence electrons. The summed E-state index contributed by atoms with van der Waals surface area (Å²) in [6.45, 7) is 3.20. The van der Waals surface area contributed by atoms with Crippen molar-refractivity contribution in [3.05, 3.63) is 47.8 Å². The van der Waals surface area contributed by atoms with E-state index in [0.29, 0.717) is 39.2 Å². The molecule has 0 unspecified atom stereocenters. The normalized spacial score (nSPS) is 15.1. The summed E-state index contributed by atoms with van der Waals surface area (Å²) in [5.41, 5.74) is 7.87. The van der Waals surface area contributed by atoms with Crippen molar-refractivity contribution in [1.82, 2.24) is 9.97 Å². The number of alkyl halides is 2. The fourth-order valence-electron chi connectivity index (χ4n) is 2.97. The largest absolute Gasteiger partial charge is 0.586 e. The number of anilines is 1. The van der Waals surface area contributed by atoms with E-state index in [9.17, 15) is 13.6 Å². The molecule has 2 aromatic heterocycles. The molecular formula is C20H17F2N5O3. The van der Waals surface area contributed by atoms with Crippen LogP contribution in [-0.4, -0.2) is 27.9 Å². The maximum atomic E-state index is 13.4. The van der Waals surface area contributed by atoms with Gasteiger partial charge in [0.15, 0.2) is 11.5 Å². The van der Waals surface area contributed by atoms with Crippen molar-refractivity contribution in [2.24, 2.45) is 5.73 Å². The summed E-state index contributed by atoms with van der Waals surface area (Å²) in [4.78, 5) is 19.5. The van der Waals surface area contributed by atoms with E-state index in [1.807, 2.05) is 0 Å². The standard InChI is InChI=1S/C20H17F2N5O3/c1-9(10(2)23)16(24)19(28)26-12-6-11-7-14(27-18(11)25-8-12)13-4-3-5-15-17(13)30-20(21,22)29-15/h3-8,24H,23H2,1-2H3,(H,25,27)(H,26,28)/b10-9-,24-16?. The number of rotatable bonds is 4. The number of allylic oxidation sites excluding steroid dienone is 1. The first-order chi connectivity index (χ1) is 14.1. The fourth-order valence-corrected chi connectivity index (χ4v) is 2.97. The molecule has 1 aromatic carbocycles. The van der Waals surface area contributed by atoms with Crippen molar-refractivity contribution >= 4 is 28.3 Å². The second kappa shape index (κ2) is 6.83. The molecule has 4 rings (SSSR count). The maximum Gasteiger partial charge on any atom is 0.586 e. The number of carbonyl (C=O) groups is 1. The Morgan fingerprint density at radius 1 is 1.27 bits per heavy atom. The number of amides is 1. The molecule has 1 aliphatic rings. The lowest BCUT2D eigenvalue weighted by Gasteiger charge is -2.07. The third-order valence-electron chi connectivity index (χ3n) is 4.64. The van der Waals surface area contributed by atoms with Crippen LogP contribution in [0, 0.1) is 5.41 Å². The summed E-state index contributed by atoms with van der Waals surface area (Å²) in [7, 11) is 0. The number of halogens is 2. The SMILES string of the molecule is C/C(N)=C(\C)C(=N)C(=O)Nc1cnc2[nH]c(-c3cccc4c3OC(F)(F)O4)cc2c1. The lowest BCUT2D eigenvalue weighted by Crippen LogP contribution is -2.26. The van der Waals surface area contributed by atoms with Gasteiger partial charge in [0.05, 0.1) is 17.6 Å². The Balaban J connectivity index is 1.64. The van der Waals surface area contributed by atoms with Crippen molar-refractivity contribution < 1.29 is 23.0 Å². The maximum absolute atomic E-state index is 13.4. The number of para-hydroxylation sites is 1. The third kappa shape index (κ3) is 3.43. The Labute approximate surface area is 169 Å². The summed E-state index contributed by atoms with van der Waals surface area (Å²) >= 11 is 0. The van der Waals surface area contributed by atoms with Crippen LogP contribution in [0.4, 0.5) is 14.5 Å². The first kappa shape index (κ1) is 19.4.